The predicted octanol–water partition coefficient (Wildman–Crippen LogP) is 2.62. The van der Waals surface area contributed by atoms with Gasteiger partial charge in [-0.2, -0.15) is 0 Å². The lowest BCUT2D eigenvalue weighted by molar-refractivity contribution is 0.411. The molecule has 0 aliphatic carbocycles. The Hall–Kier alpha value is -0.980. The van der Waals surface area contributed by atoms with Crippen molar-refractivity contribution in [2.24, 2.45) is 0 Å². The number of aryl methyl sites for hydroxylation is 2. The first-order chi connectivity index (χ1) is 5.15. The first-order valence-electron chi connectivity index (χ1n) is 3.77. The summed E-state index contributed by atoms with van der Waals surface area (Å²) < 4.78 is 5.21. The monoisotopic (exact) mass is 150 g/mol. The van der Waals surface area contributed by atoms with Crippen molar-refractivity contribution >= 4 is 0 Å². The maximum Gasteiger partial charge on any atom is 0.122 e. The number of methoxy groups -OCH3 is 1. The van der Waals surface area contributed by atoms with Crippen molar-refractivity contribution in [2.75, 3.05) is 7.11 Å². The Morgan fingerprint density at radius 3 is 2.27 bits per heavy atom. The Kier molecular flexibility index (Phi) is 2.18. The van der Waals surface area contributed by atoms with Crippen molar-refractivity contribution < 1.29 is 4.74 Å². The van der Waals surface area contributed by atoms with E-state index < -0.39 is 0 Å². The van der Waals surface area contributed by atoms with Crippen LogP contribution in [0.5, 0.6) is 5.75 Å². The Morgan fingerprint density at radius 2 is 1.73 bits per heavy atom. The van der Waals surface area contributed by atoms with E-state index in [9.17, 15) is 0 Å². The summed E-state index contributed by atoms with van der Waals surface area (Å²) in [6, 6.07) is 4.22. The van der Waals surface area contributed by atoms with Crippen LogP contribution in [0.25, 0.3) is 0 Å². The van der Waals surface area contributed by atoms with Crippen LogP contribution in [0, 0.1) is 20.8 Å². The van der Waals surface area contributed by atoms with Gasteiger partial charge < -0.3 is 4.74 Å². The third kappa shape index (κ3) is 1.53. The van der Waals surface area contributed by atoms with Gasteiger partial charge in [0.25, 0.3) is 0 Å². The molecule has 1 rings (SSSR count). The highest BCUT2D eigenvalue weighted by molar-refractivity contribution is 5.41. The molecule has 0 N–H and O–H groups in total. The first-order valence-corrected chi connectivity index (χ1v) is 3.77. The Labute approximate surface area is 68.0 Å². The number of hydrogen-bond donors (Lipinski definition) is 0. The minimum absolute atomic E-state index is 0.988. The summed E-state index contributed by atoms with van der Waals surface area (Å²) in [5.41, 5.74) is 3.78. The summed E-state index contributed by atoms with van der Waals surface area (Å²) in [7, 11) is 1.71. The minimum Gasteiger partial charge on any atom is -0.496 e. The van der Waals surface area contributed by atoms with Gasteiger partial charge in [-0.25, -0.2) is 0 Å². The molecule has 0 saturated heterocycles. The number of hydrogen-bond acceptors (Lipinski definition) is 1. The van der Waals surface area contributed by atoms with Crippen molar-refractivity contribution in [2.45, 2.75) is 20.8 Å². The molecule has 0 aliphatic rings. The molecule has 0 spiro atoms. The van der Waals surface area contributed by atoms with Crippen LogP contribution in [-0.4, -0.2) is 7.11 Å². The Morgan fingerprint density at radius 1 is 1.09 bits per heavy atom. The molecule has 1 heteroatoms. The van der Waals surface area contributed by atoms with Crippen LogP contribution >= 0.6 is 0 Å². The number of benzene rings is 1. The minimum atomic E-state index is 0.988. The lowest BCUT2D eigenvalue weighted by Crippen LogP contribution is -1.90. The first kappa shape index (κ1) is 8.12. The molecule has 0 atom stereocenters. The molecule has 0 radical (unpaired) electrons. The molecular weight excluding hydrogens is 136 g/mol. The van der Waals surface area contributed by atoms with Crippen molar-refractivity contribution in [3.05, 3.63) is 28.8 Å². The zero-order valence-corrected chi connectivity index (χ0v) is 7.56. The molecule has 0 fully saturated rings. The Balaban J connectivity index is 3.24. The van der Waals surface area contributed by atoms with Crippen LogP contribution in [0.2, 0.25) is 0 Å². The van der Waals surface area contributed by atoms with Gasteiger partial charge in [0.1, 0.15) is 5.75 Å². The lowest BCUT2D eigenvalue weighted by Gasteiger charge is -2.08. The molecule has 0 saturated carbocycles. The number of ether oxygens (including phenoxy) is 1. The zero-order chi connectivity index (χ0) is 8.43. The van der Waals surface area contributed by atoms with Crippen LogP contribution in [0.15, 0.2) is 12.1 Å². The summed E-state index contributed by atoms with van der Waals surface area (Å²) in [6.07, 6.45) is 0. The molecule has 0 amide bonds. The predicted molar refractivity (Wildman–Crippen MR) is 47.2 cm³/mol. The standard InChI is InChI=1S/C10H14O/c1-7-5-8(2)9(3)10(6-7)11-4/h5-6H,1-4H3. The molecule has 1 aromatic rings. The molecule has 11 heavy (non-hydrogen) atoms. The van der Waals surface area contributed by atoms with Gasteiger partial charge in [-0.3, -0.25) is 0 Å². The van der Waals surface area contributed by atoms with Crippen LogP contribution in [0.4, 0.5) is 0 Å². The normalized spacial score (nSPS) is 9.82. The highest BCUT2D eigenvalue weighted by Crippen LogP contribution is 2.22. The SMILES string of the molecule is COc1cc(C)cc(C)c1C. The van der Waals surface area contributed by atoms with Crippen LogP contribution in [0.3, 0.4) is 0 Å². The van der Waals surface area contributed by atoms with E-state index in [1.807, 2.05) is 0 Å². The van der Waals surface area contributed by atoms with Gasteiger partial charge in [0, 0.05) is 0 Å². The van der Waals surface area contributed by atoms with Gasteiger partial charge in [0.05, 0.1) is 7.11 Å². The topological polar surface area (TPSA) is 9.23 Å². The van der Waals surface area contributed by atoms with Crippen LogP contribution < -0.4 is 4.74 Å². The summed E-state index contributed by atoms with van der Waals surface area (Å²) in [5, 5.41) is 0. The maximum atomic E-state index is 5.21. The van der Waals surface area contributed by atoms with E-state index >= 15 is 0 Å². The molecule has 0 bridgehead atoms. The van der Waals surface area contributed by atoms with Crippen molar-refractivity contribution in [1.29, 1.82) is 0 Å². The van der Waals surface area contributed by atoms with Crippen LogP contribution in [0.1, 0.15) is 16.7 Å². The highest BCUT2D eigenvalue weighted by atomic mass is 16.5. The second-order valence-corrected chi connectivity index (χ2v) is 2.91. The maximum absolute atomic E-state index is 5.21. The van der Waals surface area contributed by atoms with E-state index in [0.29, 0.717) is 0 Å². The van der Waals surface area contributed by atoms with E-state index in [4.69, 9.17) is 4.74 Å². The van der Waals surface area contributed by atoms with Crippen LogP contribution in [-0.2, 0) is 0 Å². The third-order valence-corrected chi connectivity index (χ3v) is 1.98. The van der Waals surface area contributed by atoms with E-state index in [-0.39, 0.29) is 0 Å². The average Bonchev–Trinajstić information content (AvgIpc) is 1.96. The fourth-order valence-electron chi connectivity index (χ4n) is 1.21. The highest BCUT2D eigenvalue weighted by Gasteiger charge is 2.00. The van der Waals surface area contributed by atoms with Crippen molar-refractivity contribution in [1.82, 2.24) is 0 Å². The smallest absolute Gasteiger partial charge is 0.122 e. The molecule has 0 aliphatic heterocycles. The third-order valence-electron chi connectivity index (χ3n) is 1.98. The summed E-state index contributed by atoms with van der Waals surface area (Å²) in [4.78, 5) is 0. The zero-order valence-electron chi connectivity index (χ0n) is 7.56. The summed E-state index contributed by atoms with van der Waals surface area (Å²) in [5.74, 6) is 0.988. The fraction of sp³-hybridized carbons (Fsp3) is 0.400. The van der Waals surface area contributed by atoms with Gasteiger partial charge >= 0.3 is 0 Å². The van der Waals surface area contributed by atoms with Gasteiger partial charge in [0.2, 0.25) is 0 Å². The van der Waals surface area contributed by atoms with E-state index in [0.717, 1.165) is 5.75 Å². The van der Waals surface area contributed by atoms with Crippen molar-refractivity contribution in [3.63, 3.8) is 0 Å². The average molecular weight is 150 g/mol. The Bertz CT molecular complexity index is 264. The van der Waals surface area contributed by atoms with Gasteiger partial charge in [-0.15, -0.1) is 0 Å². The number of rotatable bonds is 1. The molecule has 0 aromatic heterocycles. The fourth-order valence-corrected chi connectivity index (χ4v) is 1.21. The molecule has 1 aromatic carbocycles. The largest absolute Gasteiger partial charge is 0.496 e. The second kappa shape index (κ2) is 2.95. The van der Waals surface area contributed by atoms with E-state index in [2.05, 4.69) is 32.9 Å². The lowest BCUT2D eigenvalue weighted by atomic mass is 10.1. The van der Waals surface area contributed by atoms with Gasteiger partial charge in [-0.1, -0.05) is 6.07 Å². The molecule has 60 valence electrons. The van der Waals surface area contributed by atoms with Gasteiger partial charge in [0.15, 0.2) is 0 Å². The molecular formula is C10H14O. The summed E-state index contributed by atoms with van der Waals surface area (Å²) in [6.45, 7) is 6.26. The molecule has 0 heterocycles. The van der Waals surface area contributed by atoms with Gasteiger partial charge in [-0.05, 0) is 43.5 Å². The van der Waals surface area contributed by atoms with E-state index in [1.165, 1.54) is 16.7 Å². The second-order valence-electron chi connectivity index (χ2n) is 2.91. The quantitative estimate of drug-likeness (QED) is 0.598. The summed E-state index contributed by atoms with van der Waals surface area (Å²) >= 11 is 0. The van der Waals surface area contributed by atoms with Crippen molar-refractivity contribution in [3.8, 4) is 5.75 Å². The molecule has 1 nitrogen and oxygen atoms in total. The molecule has 0 unspecified atom stereocenters. The van der Waals surface area contributed by atoms with E-state index in [1.54, 1.807) is 7.11 Å².